The Hall–Kier alpha value is -2.82. The zero-order valence-corrected chi connectivity index (χ0v) is 13.6. The minimum atomic E-state index is 0.0158. The van der Waals surface area contributed by atoms with Gasteiger partial charge in [0.1, 0.15) is 11.4 Å². The van der Waals surface area contributed by atoms with Crippen LogP contribution in [0.25, 0.3) is 16.9 Å². The number of ether oxygens (including phenoxy) is 1. The number of fused-ring (bicyclic) bond motifs is 1. The van der Waals surface area contributed by atoms with Crippen LogP contribution in [-0.4, -0.2) is 40.4 Å². The van der Waals surface area contributed by atoms with E-state index >= 15 is 0 Å². The zero-order chi connectivity index (χ0) is 16.5. The Labute approximate surface area is 140 Å². The minimum Gasteiger partial charge on any atom is -0.497 e. The summed E-state index contributed by atoms with van der Waals surface area (Å²) in [5.74, 6) is 0.807. The number of hydrogen-bond acceptors (Lipinski definition) is 3. The van der Waals surface area contributed by atoms with E-state index in [2.05, 4.69) is 4.98 Å². The molecular formula is C19H19N3O2. The second-order valence-electron chi connectivity index (χ2n) is 5.97. The lowest BCUT2D eigenvalue weighted by atomic mass is 10.1. The fourth-order valence-electron chi connectivity index (χ4n) is 3.24. The fourth-order valence-corrected chi connectivity index (χ4v) is 3.24. The number of likely N-dealkylation sites (tertiary alicyclic amines) is 1. The number of carbonyl (C=O) groups is 1. The third-order valence-corrected chi connectivity index (χ3v) is 4.49. The summed E-state index contributed by atoms with van der Waals surface area (Å²) >= 11 is 0. The van der Waals surface area contributed by atoms with Crippen molar-refractivity contribution < 1.29 is 9.53 Å². The Balaban J connectivity index is 1.87. The van der Waals surface area contributed by atoms with Crippen LogP contribution in [0.15, 0.2) is 48.7 Å². The van der Waals surface area contributed by atoms with Crippen molar-refractivity contribution in [2.45, 2.75) is 12.8 Å². The Morgan fingerprint density at radius 3 is 2.54 bits per heavy atom. The predicted octanol–water partition coefficient (Wildman–Crippen LogP) is 3.25. The Kier molecular flexibility index (Phi) is 3.69. The molecule has 1 aliphatic heterocycles. The maximum atomic E-state index is 13.0. The number of rotatable bonds is 3. The highest BCUT2D eigenvalue weighted by atomic mass is 16.5. The average molecular weight is 321 g/mol. The first kappa shape index (κ1) is 14.8. The molecule has 24 heavy (non-hydrogen) atoms. The number of pyridine rings is 1. The number of imidazole rings is 1. The van der Waals surface area contributed by atoms with Gasteiger partial charge in [0.05, 0.1) is 12.8 Å². The molecule has 0 radical (unpaired) electrons. The second kappa shape index (κ2) is 6.00. The molecule has 0 N–H and O–H groups in total. The molecule has 0 unspecified atom stereocenters. The van der Waals surface area contributed by atoms with E-state index in [-0.39, 0.29) is 5.91 Å². The van der Waals surface area contributed by atoms with Crippen molar-refractivity contribution in [1.82, 2.24) is 14.3 Å². The fraction of sp³-hybridized carbons (Fsp3) is 0.263. The maximum Gasteiger partial charge on any atom is 0.274 e. The summed E-state index contributed by atoms with van der Waals surface area (Å²) < 4.78 is 7.21. The third-order valence-electron chi connectivity index (χ3n) is 4.49. The van der Waals surface area contributed by atoms with Gasteiger partial charge in [-0.25, -0.2) is 4.98 Å². The van der Waals surface area contributed by atoms with E-state index in [9.17, 15) is 4.79 Å². The zero-order valence-electron chi connectivity index (χ0n) is 13.6. The standard InChI is InChI=1S/C19H19N3O2/c1-24-15-9-7-14(8-10-15)18-17(19(23)21-11-4-5-12-21)20-16-6-2-3-13-22(16)18/h2-3,6-10,13H,4-5,11-12H2,1H3. The second-order valence-corrected chi connectivity index (χ2v) is 5.97. The molecule has 0 atom stereocenters. The lowest BCUT2D eigenvalue weighted by Gasteiger charge is -2.15. The van der Waals surface area contributed by atoms with E-state index in [0.29, 0.717) is 5.69 Å². The minimum absolute atomic E-state index is 0.0158. The van der Waals surface area contributed by atoms with Crippen LogP contribution in [-0.2, 0) is 0 Å². The molecule has 0 saturated carbocycles. The summed E-state index contributed by atoms with van der Waals surface area (Å²) in [5.41, 5.74) is 3.10. The number of hydrogen-bond donors (Lipinski definition) is 0. The molecule has 5 nitrogen and oxygen atoms in total. The summed E-state index contributed by atoms with van der Waals surface area (Å²) in [6.07, 6.45) is 4.08. The van der Waals surface area contributed by atoms with Crippen LogP contribution >= 0.6 is 0 Å². The summed E-state index contributed by atoms with van der Waals surface area (Å²) in [4.78, 5) is 19.5. The largest absolute Gasteiger partial charge is 0.497 e. The molecule has 3 heterocycles. The average Bonchev–Trinajstić information content (AvgIpc) is 3.29. The van der Waals surface area contributed by atoms with Crippen molar-refractivity contribution in [3.05, 3.63) is 54.4 Å². The molecule has 0 aliphatic carbocycles. The van der Waals surface area contributed by atoms with Crippen molar-refractivity contribution in [2.24, 2.45) is 0 Å². The van der Waals surface area contributed by atoms with Gasteiger partial charge in [-0.15, -0.1) is 0 Å². The van der Waals surface area contributed by atoms with Gasteiger partial charge >= 0.3 is 0 Å². The lowest BCUT2D eigenvalue weighted by Crippen LogP contribution is -2.28. The van der Waals surface area contributed by atoms with E-state index in [0.717, 1.165) is 48.6 Å². The van der Waals surface area contributed by atoms with Gasteiger partial charge in [-0.3, -0.25) is 9.20 Å². The van der Waals surface area contributed by atoms with Crippen molar-refractivity contribution in [1.29, 1.82) is 0 Å². The number of carbonyl (C=O) groups excluding carboxylic acids is 1. The van der Waals surface area contributed by atoms with Gasteiger partial charge in [-0.1, -0.05) is 6.07 Å². The van der Waals surface area contributed by atoms with Gasteiger partial charge < -0.3 is 9.64 Å². The maximum absolute atomic E-state index is 13.0. The third kappa shape index (κ3) is 2.42. The van der Waals surface area contributed by atoms with Crippen LogP contribution in [0.1, 0.15) is 23.3 Å². The van der Waals surface area contributed by atoms with Crippen LogP contribution in [0.4, 0.5) is 0 Å². The van der Waals surface area contributed by atoms with Crippen LogP contribution in [0, 0.1) is 0 Å². The molecule has 1 saturated heterocycles. The highest BCUT2D eigenvalue weighted by Gasteiger charge is 2.26. The van der Waals surface area contributed by atoms with Crippen LogP contribution < -0.4 is 4.74 Å². The van der Waals surface area contributed by atoms with Crippen molar-refractivity contribution in [3.63, 3.8) is 0 Å². The molecule has 1 amide bonds. The van der Waals surface area contributed by atoms with E-state index in [4.69, 9.17) is 4.74 Å². The monoisotopic (exact) mass is 321 g/mol. The highest BCUT2D eigenvalue weighted by Crippen LogP contribution is 2.28. The van der Waals surface area contributed by atoms with Crippen molar-refractivity contribution >= 4 is 11.6 Å². The van der Waals surface area contributed by atoms with Gasteiger partial charge in [0.15, 0.2) is 5.69 Å². The van der Waals surface area contributed by atoms with Gasteiger partial charge in [-0.05, 0) is 49.2 Å². The van der Waals surface area contributed by atoms with E-state index in [1.807, 2.05) is 58.0 Å². The van der Waals surface area contributed by atoms with Gasteiger partial charge in [0.25, 0.3) is 5.91 Å². The number of amides is 1. The molecule has 2 aromatic heterocycles. The molecular weight excluding hydrogens is 302 g/mol. The molecule has 0 spiro atoms. The lowest BCUT2D eigenvalue weighted by molar-refractivity contribution is 0.0788. The predicted molar refractivity (Wildman–Crippen MR) is 92.3 cm³/mol. The molecule has 1 aromatic carbocycles. The van der Waals surface area contributed by atoms with Gasteiger partial charge in [0, 0.05) is 24.8 Å². The highest BCUT2D eigenvalue weighted by molar-refractivity contribution is 5.99. The smallest absolute Gasteiger partial charge is 0.274 e. The van der Waals surface area contributed by atoms with Crippen LogP contribution in [0.3, 0.4) is 0 Å². The Morgan fingerprint density at radius 1 is 1.08 bits per heavy atom. The molecule has 122 valence electrons. The van der Waals surface area contributed by atoms with Crippen molar-refractivity contribution in [3.8, 4) is 17.0 Å². The van der Waals surface area contributed by atoms with Crippen LogP contribution in [0.5, 0.6) is 5.75 Å². The summed E-state index contributed by atoms with van der Waals surface area (Å²) in [5, 5.41) is 0. The summed E-state index contributed by atoms with van der Waals surface area (Å²) in [6, 6.07) is 13.6. The van der Waals surface area contributed by atoms with Crippen LogP contribution in [0.2, 0.25) is 0 Å². The van der Waals surface area contributed by atoms with E-state index in [1.165, 1.54) is 0 Å². The quantitative estimate of drug-likeness (QED) is 0.744. The molecule has 1 aliphatic rings. The number of benzene rings is 1. The first-order valence-corrected chi connectivity index (χ1v) is 8.19. The number of nitrogens with zero attached hydrogens (tertiary/aromatic N) is 3. The molecule has 1 fully saturated rings. The van der Waals surface area contributed by atoms with E-state index in [1.54, 1.807) is 7.11 Å². The normalized spacial score (nSPS) is 14.3. The van der Waals surface area contributed by atoms with E-state index < -0.39 is 0 Å². The summed E-state index contributed by atoms with van der Waals surface area (Å²) in [7, 11) is 1.64. The number of aromatic nitrogens is 2. The SMILES string of the molecule is COc1ccc(-c2c(C(=O)N3CCCC3)nc3ccccn23)cc1. The molecule has 5 heteroatoms. The Bertz CT molecular complexity index is 877. The summed E-state index contributed by atoms with van der Waals surface area (Å²) in [6.45, 7) is 1.63. The molecule has 0 bridgehead atoms. The Morgan fingerprint density at radius 2 is 1.83 bits per heavy atom. The van der Waals surface area contributed by atoms with Gasteiger partial charge in [-0.2, -0.15) is 0 Å². The topological polar surface area (TPSA) is 46.8 Å². The first-order chi connectivity index (χ1) is 11.8. The number of methoxy groups -OCH3 is 1. The first-order valence-electron chi connectivity index (χ1n) is 8.19. The molecule has 3 aromatic rings. The molecule has 4 rings (SSSR count). The van der Waals surface area contributed by atoms with Gasteiger partial charge in [0.2, 0.25) is 0 Å². The van der Waals surface area contributed by atoms with Crippen molar-refractivity contribution in [2.75, 3.05) is 20.2 Å².